The standard InChI is InChI=1S/C13H13ClN6/c1-16-11-10-12(19-13(14)18-11)20(7-17-10)6-8-4-2-3-5-9(8)15/h2-5,7H,6,15H2,1H3,(H,16,18,19). The van der Waals surface area contributed by atoms with Crippen LogP contribution in [0.1, 0.15) is 5.56 Å². The SMILES string of the molecule is CNc1nc(Cl)nc2c1ncn2Cc1ccccc1N. The summed E-state index contributed by atoms with van der Waals surface area (Å²) in [5, 5.41) is 3.15. The molecular weight excluding hydrogens is 276 g/mol. The number of hydrogen-bond acceptors (Lipinski definition) is 5. The minimum Gasteiger partial charge on any atom is -0.398 e. The van der Waals surface area contributed by atoms with Gasteiger partial charge in [0, 0.05) is 12.7 Å². The van der Waals surface area contributed by atoms with Gasteiger partial charge in [0.2, 0.25) is 5.28 Å². The van der Waals surface area contributed by atoms with Crippen LogP contribution in [0.4, 0.5) is 11.5 Å². The van der Waals surface area contributed by atoms with Gasteiger partial charge in [-0.1, -0.05) is 18.2 Å². The quantitative estimate of drug-likeness (QED) is 0.570. The van der Waals surface area contributed by atoms with Crippen molar-refractivity contribution in [3.63, 3.8) is 0 Å². The number of imidazole rings is 1. The summed E-state index contributed by atoms with van der Waals surface area (Å²) in [6.07, 6.45) is 1.71. The minimum absolute atomic E-state index is 0.185. The maximum atomic E-state index is 5.96. The van der Waals surface area contributed by atoms with E-state index in [0.717, 1.165) is 11.3 Å². The predicted octanol–water partition coefficient (Wildman–Crippen LogP) is 2.15. The maximum Gasteiger partial charge on any atom is 0.226 e. The molecule has 3 aromatic rings. The summed E-state index contributed by atoms with van der Waals surface area (Å²) in [6.45, 7) is 0.583. The van der Waals surface area contributed by atoms with Crippen LogP contribution < -0.4 is 11.1 Å². The van der Waals surface area contributed by atoms with Crippen LogP contribution in [0.3, 0.4) is 0 Å². The second-order valence-corrected chi connectivity index (χ2v) is 4.67. The van der Waals surface area contributed by atoms with Gasteiger partial charge in [0.25, 0.3) is 0 Å². The molecule has 2 heterocycles. The van der Waals surface area contributed by atoms with Crippen molar-refractivity contribution in [2.45, 2.75) is 6.54 Å². The summed E-state index contributed by atoms with van der Waals surface area (Å²) in [6, 6.07) is 7.70. The first-order valence-electron chi connectivity index (χ1n) is 6.08. The molecule has 0 spiro atoms. The lowest BCUT2D eigenvalue weighted by Gasteiger charge is -2.07. The van der Waals surface area contributed by atoms with Gasteiger partial charge in [-0.05, 0) is 23.2 Å². The van der Waals surface area contributed by atoms with Gasteiger partial charge in [-0.2, -0.15) is 9.97 Å². The zero-order chi connectivity index (χ0) is 14.1. The first kappa shape index (κ1) is 12.7. The number of nitrogens with one attached hydrogen (secondary N) is 1. The van der Waals surface area contributed by atoms with E-state index in [1.54, 1.807) is 13.4 Å². The van der Waals surface area contributed by atoms with Gasteiger partial charge in [0.1, 0.15) is 0 Å². The van der Waals surface area contributed by atoms with E-state index >= 15 is 0 Å². The first-order valence-corrected chi connectivity index (χ1v) is 6.46. The molecule has 0 amide bonds. The van der Waals surface area contributed by atoms with Gasteiger partial charge in [-0.3, -0.25) is 0 Å². The summed E-state index contributed by atoms with van der Waals surface area (Å²) in [4.78, 5) is 12.7. The Bertz CT molecular complexity index is 767. The number of nitrogens with two attached hydrogens (primary N) is 1. The number of hydrogen-bond donors (Lipinski definition) is 2. The molecule has 0 bridgehead atoms. The van der Waals surface area contributed by atoms with Crippen LogP contribution in [0.5, 0.6) is 0 Å². The Hall–Kier alpha value is -2.34. The van der Waals surface area contributed by atoms with Crippen LogP contribution in [0.25, 0.3) is 11.2 Å². The van der Waals surface area contributed by atoms with E-state index in [1.807, 2.05) is 28.8 Å². The van der Waals surface area contributed by atoms with E-state index in [0.29, 0.717) is 23.5 Å². The van der Waals surface area contributed by atoms with Crippen LogP contribution in [-0.4, -0.2) is 26.6 Å². The Kier molecular flexibility index (Phi) is 3.15. The predicted molar refractivity (Wildman–Crippen MR) is 79.8 cm³/mol. The lowest BCUT2D eigenvalue weighted by atomic mass is 10.2. The monoisotopic (exact) mass is 288 g/mol. The Labute approximate surface area is 120 Å². The molecule has 0 radical (unpaired) electrons. The number of para-hydroxylation sites is 1. The fraction of sp³-hybridized carbons (Fsp3) is 0.154. The van der Waals surface area contributed by atoms with Crippen LogP contribution in [0.2, 0.25) is 5.28 Å². The highest BCUT2D eigenvalue weighted by Crippen LogP contribution is 2.22. The van der Waals surface area contributed by atoms with E-state index < -0.39 is 0 Å². The van der Waals surface area contributed by atoms with Gasteiger partial charge in [0.05, 0.1) is 12.9 Å². The van der Waals surface area contributed by atoms with Crippen molar-refractivity contribution in [3.05, 3.63) is 41.4 Å². The number of aromatic nitrogens is 4. The zero-order valence-corrected chi connectivity index (χ0v) is 11.6. The van der Waals surface area contributed by atoms with Crippen molar-refractivity contribution in [1.82, 2.24) is 19.5 Å². The van der Waals surface area contributed by atoms with Crippen LogP contribution in [0, 0.1) is 0 Å². The van der Waals surface area contributed by atoms with Crippen molar-refractivity contribution in [1.29, 1.82) is 0 Å². The topological polar surface area (TPSA) is 81.7 Å². The Morgan fingerprint density at radius 1 is 1.30 bits per heavy atom. The van der Waals surface area contributed by atoms with E-state index in [4.69, 9.17) is 17.3 Å². The number of nitrogens with zero attached hydrogens (tertiary/aromatic N) is 4. The molecule has 0 aliphatic carbocycles. The summed E-state index contributed by atoms with van der Waals surface area (Å²) in [7, 11) is 1.77. The molecule has 3 rings (SSSR count). The third kappa shape index (κ3) is 2.14. The molecule has 7 heteroatoms. The third-order valence-electron chi connectivity index (χ3n) is 3.07. The lowest BCUT2D eigenvalue weighted by Crippen LogP contribution is -2.03. The van der Waals surface area contributed by atoms with E-state index in [1.165, 1.54) is 0 Å². The molecule has 0 atom stereocenters. The van der Waals surface area contributed by atoms with Gasteiger partial charge >= 0.3 is 0 Å². The Morgan fingerprint density at radius 3 is 2.85 bits per heavy atom. The molecule has 1 aromatic carbocycles. The molecule has 3 N–H and O–H groups in total. The molecule has 0 aliphatic rings. The van der Waals surface area contributed by atoms with Gasteiger partial charge in [-0.25, -0.2) is 4.98 Å². The fourth-order valence-electron chi connectivity index (χ4n) is 2.07. The molecule has 102 valence electrons. The molecule has 2 aromatic heterocycles. The number of anilines is 2. The van der Waals surface area contributed by atoms with Crippen molar-refractivity contribution in [2.75, 3.05) is 18.1 Å². The summed E-state index contributed by atoms with van der Waals surface area (Å²) in [5.41, 5.74) is 9.07. The smallest absolute Gasteiger partial charge is 0.226 e. The average molecular weight is 289 g/mol. The normalized spacial score (nSPS) is 10.9. The van der Waals surface area contributed by atoms with Gasteiger partial charge < -0.3 is 15.6 Å². The van der Waals surface area contributed by atoms with Crippen LogP contribution >= 0.6 is 11.6 Å². The van der Waals surface area contributed by atoms with E-state index in [9.17, 15) is 0 Å². The van der Waals surface area contributed by atoms with Gasteiger partial charge in [0.15, 0.2) is 17.0 Å². The Balaban J connectivity index is 2.09. The lowest BCUT2D eigenvalue weighted by molar-refractivity contribution is 0.815. The number of fused-ring (bicyclic) bond motifs is 1. The first-order chi connectivity index (χ1) is 9.69. The summed E-state index contributed by atoms with van der Waals surface area (Å²) < 4.78 is 1.90. The molecular formula is C13H13ClN6. The molecule has 0 fully saturated rings. The molecule has 0 aliphatic heterocycles. The second kappa shape index (κ2) is 4.97. The average Bonchev–Trinajstić information content (AvgIpc) is 2.83. The fourth-order valence-corrected chi connectivity index (χ4v) is 2.23. The van der Waals surface area contributed by atoms with Gasteiger partial charge in [-0.15, -0.1) is 0 Å². The molecule has 0 saturated heterocycles. The number of benzene rings is 1. The molecule has 0 saturated carbocycles. The summed E-state index contributed by atoms with van der Waals surface area (Å²) >= 11 is 5.94. The van der Waals surface area contributed by atoms with Crippen molar-refractivity contribution in [3.8, 4) is 0 Å². The molecule has 6 nitrogen and oxygen atoms in total. The number of rotatable bonds is 3. The highest BCUT2D eigenvalue weighted by Gasteiger charge is 2.12. The van der Waals surface area contributed by atoms with Crippen molar-refractivity contribution < 1.29 is 0 Å². The van der Waals surface area contributed by atoms with Crippen LogP contribution in [0.15, 0.2) is 30.6 Å². The third-order valence-corrected chi connectivity index (χ3v) is 3.24. The van der Waals surface area contributed by atoms with Crippen molar-refractivity contribution >= 4 is 34.3 Å². The number of nitrogen functional groups attached to an aromatic ring is 1. The van der Waals surface area contributed by atoms with E-state index in [2.05, 4.69) is 20.3 Å². The second-order valence-electron chi connectivity index (χ2n) is 4.33. The summed E-state index contributed by atoms with van der Waals surface area (Å²) in [5.74, 6) is 0.611. The largest absolute Gasteiger partial charge is 0.398 e. The molecule has 20 heavy (non-hydrogen) atoms. The highest BCUT2D eigenvalue weighted by molar-refractivity contribution is 6.28. The zero-order valence-electron chi connectivity index (χ0n) is 10.8. The van der Waals surface area contributed by atoms with Crippen molar-refractivity contribution in [2.24, 2.45) is 0 Å². The maximum absolute atomic E-state index is 5.96. The highest BCUT2D eigenvalue weighted by atomic mass is 35.5. The minimum atomic E-state index is 0.185. The molecule has 0 unspecified atom stereocenters. The van der Waals surface area contributed by atoms with Crippen LogP contribution in [-0.2, 0) is 6.54 Å². The van der Waals surface area contributed by atoms with E-state index in [-0.39, 0.29) is 5.28 Å². The Morgan fingerprint density at radius 2 is 2.10 bits per heavy atom. The number of halogens is 1.